The standard InChI is InChI=1S/C19H25FN2O2.ClH/c1-14(18(24)15-3-2-4-16(20)12-15)11-17(23)22-9-6-19(7-10-22)5-8-21-13-19;/h2-4,12,14,21H,5-11,13H2,1H3;1H. The third-order valence-electron chi connectivity index (χ3n) is 5.55. The van der Waals surface area contributed by atoms with Gasteiger partial charge in [-0.05, 0) is 43.4 Å². The van der Waals surface area contributed by atoms with Gasteiger partial charge in [0.2, 0.25) is 5.91 Å². The highest BCUT2D eigenvalue weighted by Gasteiger charge is 2.38. The zero-order chi connectivity index (χ0) is 17.2. The number of Topliss-reactive ketones (excluding diaryl/α,β-unsaturated/α-hetero) is 1. The van der Waals surface area contributed by atoms with Gasteiger partial charge in [0.1, 0.15) is 5.82 Å². The van der Waals surface area contributed by atoms with Crippen molar-refractivity contribution in [1.29, 1.82) is 0 Å². The second-order valence-corrected chi connectivity index (χ2v) is 7.29. The van der Waals surface area contributed by atoms with Crippen molar-refractivity contribution in [1.82, 2.24) is 10.2 Å². The summed E-state index contributed by atoms with van der Waals surface area (Å²) < 4.78 is 13.3. The minimum absolute atomic E-state index is 0. The Bertz CT molecular complexity index is 622. The minimum Gasteiger partial charge on any atom is -0.343 e. The number of amides is 1. The van der Waals surface area contributed by atoms with Crippen LogP contribution in [0.25, 0.3) is 0 Å². The number of benzene rings is 1. The second-order valence-electron chi connectivity index (χ2n) is 7.29. The summed E-state index contributed by atoms with van der Waals surface area (Å²) in [7, 11) is 0. The first kappa shape index (κ1) is 19.9. The number of piperidine rings is 1. The van der Waals surface area contributed by atoms with Crippen LogP contribution in [-0.4, -0.2) is 42.8 Å². The largest absolute Gasteiger partial charge is 0.343 e. The molecule has 2 aliphatic heterocycles. The molecule has 1 atom stereocenters. The summed E-state index contributed by atoms with van der Waals surface area (Å²) in [5, 5.41) is 3.42. The molecular weight excluding hydrogens is 343 g/mol. The Kier molecular flexibility index (Phi) is 6.58. The summed E-state index contributed by atoms with van der Waals surface area (Å²) >= 11 is 0. The number of hydrogen-bond acceptors (Lipinski definition) is 3. The molecule has 0 aromatic heterocycles. The highest BCUT2D eigenvalue weighted by Crippen LogP contribution is 2.37. The Morgan fingerprint density at radius 1 is 1.28 bits per heavy atom. The fraction of sp³-hybridized carbons (Fsp3) is 0.579. The Labute approximate surface area is 154 Å². The molecule has 1 spiro atoms. The van der Waals surface area contributed by atoms with Crippen molar-refractivity contribution in [3.63, 3.8) is 0 Å². The van der Waals surface area contributed by atoms with Gasteiger partial charge in [-0.15, -0.1) is 12.4 Å². The van der Waals surface area contributed by atoms with E-state index in [9.17, 15) is 14.0 Å². The molecule has 3 rings (SSSR count). The van der Waals surface area contributed by atoms with Crippen molar-refractivity contribution in [3.05, 3.63) is 35.6 Å². The summed E-state index contributed by atoms with van der Waals surface area (Å²) in [6.07, 6.45) is 3.47. The normalized spacial score (nSPS) is 20.2. The van der Waals surface area contributed by atoms with Gasteiger partial charge in [0.05, 0.1) is 0 Å². The van der Waals surface area contributed by atoms with E-state index in [0.29, 0.717) is 11.0 Å². The molecule has 6 heteroatoms. The van der Waals surface area contributed by atoms with Crippen LogP contribution in [0.2, 0.25) is 0 Å². The number of likely N-dealkylation sites (tertiary alicyclic amines) is 1. The average molecular weight is 369 g/mol. The number of hydrogen-bond donors (Lipinski definition) is 1. The molecule has 1 aromatic carbocycles. The third kappa shape index (κ3) is 4.59. The van der Waals surface area contributed by atoms with Crippen LogP contribution < -0.4 is 5.32 Å². The van der Waals surface area contributed by atoms with Crippen LogP contribution in [-0.2, 0) is 4.79 Å². The molecule has 1 unspecified atom stereocenters. The van der Waals surface area contributed by atoms with Crippen LogP contribution in [0, 0.1) is 17.2 Å². The number of ketones is 1. The van der Waals surface area contributed by atoms with E-state index in [1.165, 1.54) is 24.6 Å². The maximum absolute atomic E-state index is 13.3. The van der Waals surface area contributed by atoms with Crippen molar-refractivity contribution in [2.75, 3.05) is 26.2 Å². The van der Waals surface area contributed by atoms with Crippen molar-refractivity contribution >= 4 is 24.1 Å². The molecule has 2 fully saturated rings. The highest BCUT2D eigenvalue weighted by atomic mass is 35.5. The first-order valence-corrected chi connectivity index (χ1v) is 8.77. The molecule has 1 aromatic rings. The van der Waals surface area contributed by atoms with Crippen LogP contribution in [0.15, 0.2) is 24.3 Å². The lowest BCUT2D eigenvalue weighted by Gasteiger charge is -2.39. The van der Waals surface area contributed by atoms with E-state index >= 15 is 0 Å². The van der Waals surface area contributed by atoms with Gasteiger partial charge >= 0.3 is 0 Å². The first-order valence-electron chi connectivity index (χ1n) is 8.77. The van der Waals surface area contributed by atoms with Gasteiger partial charge in [0.25, 0.3) is 0 Å². The van der Waals surface area contributed by atoms with E-state index in [0.717, 1.165) is 39.0 Å². The van der Waals surface area contributed by atoms with Gasteiger partial charge in [-0.25, -0.2) is 4.39 Å². The maximum atomic E-state index is 13.3. The number of halogens is 2. The summed E-state index contributed by atoms with van der Waals surface area (Å²) in [5.74, 6) is -0.987. The van der Waals surface area contributed by atoms with E-state index in [1.54, 1.807) is 13.0 Å². The molecule has 1 amide bonds. The predicted octanol–water partition coefficient (Wildman–Crippen LogP) is 3.06. The SMILES string of the molecule is CC(CC(=O)N1CCC2(CCNC2)CC1)C(=O)c1cccc(F)c1.Cl. The van der Waals surface area contributed by atoms with Gasteiger partial charge in [0, 0.05) is 37.5 Å². The van der Waals surface area contributed by atoms with Crippen LogP contribution in [0.1, 0.15) is 43.0 Å². The van der Waals surface area contributed by atoms with E-state index in [4.69, 9.17) is 0 Å². The lowest BCUT2D eigenvalue weighted by atomic mass is 9.77. The van der Waals surface area contributed by atoms with E-state index in [2.05, 4.69) is 5.32 Å². The van der Waals surface area contributed by atoms with Gasteiger partial charge in [-0.1, -0.05) is 19.1 Å². The lowest BCUT2D eigenvalue weighted by Crippen LogP contribution is -2.44. The van der Waals surface area contributed by atoms with Gasteiger partial charge in [0.15, 0.2) is 5.78 Å². The molecule has 138 valence electrons. The summed E-state index contributed by atoms with van der Waals surface area (Å²) in [6, 6.07) is 5.68. The zero-order valence-corrected chi connectivity index (χ0v) is 15.4. The van der Waals surface area contributed by atoms with Crippen molar-refractivity contribution < 1.29 is 14.0 Å². The molecule has 0 radical (unpaired) electrons. The Hall–Kier alpha value is -1.46. The molecule has 0 saturated carbocycles. The van der Waals surface area contributed by atoms with Crippen molar-refractivity contribution in [3.8, 4) is 0 Å². The molecule has 1 N–H and O–H groups in total. The maximum Gasteiger partial charge on any atom is 0.223 e. The fourth-order valence-electron chi connectivity index (χ4n) is 3.86. The van der Waals surface area contributed by atoms with Crippen LogP contribution >= 0.6 is 12.4 Å². The number of carbonyl (C=O) groups excluding carboxylic acids is 2. The molecule has 2 heterocycles. The summed E-state index contributed by atoms with van der Waals surface area (Å²) in [5.41, 5.74) is 0.713. The average Bonchev–Trinajstić information content (AvgIpc) is 3.02. The predicted molar refractivity (Wildman–Crippen MR) is 97.5 cm³/mol. The van der Waals surface area contributed by atoms with E-state index in [-0.39, 0.29) is 30.5 Å². The number of carbonyl (C=O) groups is 2. The minimum atomic E-state index is -0.427. The second kappa shape index (κ2) is 8.28. The van der Waals surface area contributed by atoms with Crippen molar-refractivity contribution in [2.24, 2.45) is 11.3 Å². The third-order valence-corrected chi connectivity index (χ3v) is 5.55. The molecule has 2 saturated heterocycles. The monoisotopic (exact) mass is 368 g/mol. The Balaban J connectivity index is 0.00000225. The molecule has 0 bridgehead atoms. The molecule has 4 nitrogen and oxygen atoms in total. The Morgan fingerprint density at radius 2 is 2.00 bits per heavy atom. The van der Waals surface area contributed by atoms with Gasteiger partial charge in [-0.3, -0.25) is 9.59 Å². The van der Waals surface area contributed by atoms with Crippen LogP contribution in [0.3, 0.4) is 0 Å². The summed E-state index contributed by atoms with van der Waals surface area (Å²) in [4.78, 5) is 26.8. The first-order chi connectivity index (χ1) is 11.5. The quantitative estimate of drug-likeness (QED) is 0.831. The highest BCUT2D eigenvalue weighted by molar-refractivity contribution is 5.99. The Morgan fingerprint density at radius 3 is 2.60 bits per heavy atom. The van der Waals surface area contributed by atoms with Crippen LogP contribution in [0.4, 0.5) is 4.39 Å². The van der Waals surface area contributed by atoms with Crippen molar-refractivity contribution in [2.45, 2.75) is 32.6 Å². The molecule has 0 aliphatic carbocycles. The van der Waals surface area contributed by atoms with Gasteiger partial charge < -0.3 is 10.2 Å². The lowest BCUT2D eigenvalue weighted by molar-refractivity contribution is -0.134. The van der Waals surface area contributed by atoms with E-state index < -0.39 is 11.7 Å². The number of nitrogens with zero attached hydrogens (tertiary/aromatic N) is 1. The van der Waals surface area contributed by atoms with Crippen LogP contribution in [0.5, 0.6) is 0 Å². The molecule has 25 heavy (non-hydrogen) atoms. The molecule has 2 aliphatic rings. The van der Waals surface area contributed by atoms with Gasteiger partial charge in [-0.2, -0.15) is 0 Å². The zero-order valence-electron chi connectivity index (χ0n) is 14.6. The fourth-order valence-corrected chi connectivity index (χ4v) is 3.86. The number of rotatable bonds is 4. The summed E-state index contributed by atoms with van der Waals surface area (Å²) in [6.45, 7) is 5.44. The number of nitrogens with one attached hydrogen (secondary N) is 1. The smallest absolute Gasteiger partial charge is 0.223 e. The van der Waals surface area contributed by atoms with E-state index in [1.807, 2.05) is 4.90 Å². The molecular formula is C19H26ClFN2O2. The topological polar surface area (TPSA) is 49.4 Å².